The van der Waals surface area contributed by atoms with Gasteiger partial charge in [0, 0.05) is 17.3 Å². The molecule has 5 atom stereocenters. The normalized spacial score (nSPS) is 28.8. The number of amides is 3. The molecule has 0 saturated carbocycles. The lowest BCUT2D eigenvalue weighted by atomic mass is 9.76. The molecule has 0 unspecified atom stereocenters. The highest BCUT2D eigenvalue weighted by Crippen LogP contribution is 2.54. The van der Waals surface area contributed by atoms with Crippen LogP contribution in [0.15, 0.2) is 36.4 Å². The number of anilines is 1. The molecule has 1 spiro atoms. The van der Waals surface area contributed by atoms with Crippen molar-refractivity contribution >= 4 is 23.4 Å². The molecule has 8 heteroatoms. The number of benzene rings is 2. The van der Waals surface area contributed by atoms with Gasteiger partial charge in [-0.25, -0.2) is 0 Å². The van der Waals surface area contributed by atoms with Gasteiger partial charge >= 0.3 is 0 Å². The molecule has 2 aromatic carbocycles. The van der Waals surface area contributed by atoms with Gasteiger partial charge in [-0.15, -0.1) is 0 Å². The molecule has 0 bridgehead atoms. The molecule has 3 N–H and O–H groups in total. The third-order valence-corrected chi connectivity index (χ3v) is 7.47. The quantitative estimate of drug-likeness (QED) is 0.612. The van der Waals surface area contributed by atoms with Crippen LogP contribution >= 0.6 is 0 Å². The van der Waals surface area contributed by atoms with Gasteiger partial charge < -0.3 is 15.2 Å². The van der Waals surface area contributed by atoms with Crippen molar-refractivity contribution in [3.63, 3.8) is 0 Å². The third kappa shape index (κ3) is 2.87. The lowest BCUT2D eigenvalue weighted by Crippen LogP contribution is -2.54. The van der Waals surface area contributed by atoms with Crippen molar-refractivity contribution in [2.45, 2.75) is 45.0 Å². The van der Waals surface area contributed by atoms with Gasteiger partial charge in [0.2, 0.25) is 17.7 Å². The topological polar surface area (TPSA) is 108 Å². The van der Waals surface area contributed by atoms with Crippen LogP contribution in [0.2, 0.25) is 0 Å². The maximum atomic E-state index is 13.7. The molecule has 2 saturated heterocycles. The number of methoxy groups -OCH3 is 1. The molecule has 33 heavy (non-hydrogen) atoms. The van der Waals surface area contributed by atoms with Crippen LogP contribution in [0.4, 0.5) is 5.69 Å². The summed E-state index contributed by atoms with van der Waals surface area (Å²) in [5.41, 5.74) is 2.64. The van der Waals surface area contributed by atoms with Crippen LogP contribution in [0.5, 0.6) is 5.75 Å². The number of aliphatic hydroxyl groups excluding tert-OH is 1. The van der Waals surface area contributed by atoms with Crippen LogP contribution in [0.1, 0.15) is 29.2 Å². The van der Waals surface area contributed by atoms with E-state index in [4.69, 9.17) is 4.74 Å². The van der Waals surface area contributed by atoms with Crippen LogP contribution in [0.3, 0.4) is 0 Å². The Bertz CT molecular complexity index is 1180. The van der Waals surface area contributed by atoms with Gasteiger partial charge in [0.05, 0.1) is 31.6 Å². The highest BCUT2D eigenvalue weighted by Gasteiger charge is 2.71. The van der Waals surface area contributed by atoms with E-state index in [0.717, 1.165) is 16.7 Å². The number of nitrogens with zero attached hydrogens (tertiary/aromatic N) is 1. The summed E-state index contributed by atoms with van der Waals surface area (Å²) in [7, 11) is 1.57. The first-order valence-corrected chi connectivity index (χ1v) is 11.1. The zero-order chi connectivity index (χ0) is 23.7. The van der Waals surface area contributed by atoms with Gasteiger partial charge in [-0.1, -0.05) is 24.3 Å². The number of hydrogen-bond acceptors (Lipinski definition) is 6. The van der Waals surface area contributed by atoms with E-state index in [9.17, 15) is 19.5 Å². The maximum absolute atomic E-state index is 13.7. The molecule has 0 radical (unpaired) electrons. The summed E-state index contributed by atoms with van der Waals surface area (Å²) < 4.78 is 5.18. The van der Waals surface area contributed by atoms with Gasteiger partial charge in [-0.3, -0.25) is 24.6 Å². The number of imide groups is 1. The number of aliphatic hydroxyl groups is 1. The van der Waals surface area contributed by atoms with Gasteiger partial charge in [-0.05, 0) is 49.6 Å². The predicted molar refractivity (Wildman–Crippen MR) is 120 cm³/mol. The van der Waals surface area contributed by atoms with Crippen LogP contribution in [-0.4, -0.2) is 47.0 Å². The molecular formula is C25H27N3O5. The van der Waals surface area contributed by atoms with Crippen molar-refractivity contribution < 1.29 is 24.2 Å². The number of ether oxygens (including phenoxy) is 1. The third-order valence-electron chi connectivity index (χ3n) is 7.47. The number of nitrogens with one attached hydrogen (secondary N) is 2. The summed E-state index contributed by atoms with van der Waals surface area (Å²) in [6.07, 6.45) is -0.932. The van der Waals surface area contributed by atoms with Gasteiger partial charge in [0.25, 0.3) is 0 Å². The van der Waals surface area contributed by atoms with Crippen molar-refractivity contribution in [3.8, 4) is 5.75 Å². The Kier molecular flexibility index (Phi) is 4.84. The lowest BCUT2D eigenvalue weighted by molar-refractivity contribution is -0.143. The summed E-state index contributed by atoms with van der Waals surface area (Å²) in [4.78, 5) is 41.9. The number of carbonyl (C=O) groups excluding carboxylic acids is 3. The zero-order valence-corrected chi connectivity index (χ0v) is 19.0. The van der Waals surface area contributed by atoms with Crippen molar-refractivity contribution in [1.82, 2.24) is 10.2 Å². The highest BCUT2D eigenvalue weighted by molar-refractivity contribution is 6.15. The standard InChI is InChI=1S/C25H27N3O5/c1-12-5-10-17-20(13(12)2)26-24(32)25(17)19-18(21(27-25)14(3)29)22(30)28(23(19)31)11-15-6-8-16(33-4)9-7-15/h5-10,14,18-19,21,27,29H,11H2,1-4H3,(H,26,32)/t14-,18+,19+,21+,25+/m1/s1. The average molecular weight is 450 g/mol. The van der Waals surface area contributed by atoms with E-state index in [1.807, 2.05) is 26.0 Å². The number of fused-ring (bicyclic) bond motifs is 4. The molecule has 3 heterocycles. The second kappa shape index (κ2) is 7.40. The van der Waals surface area contributed by atoms with E-state index >= 15 is 0 Å². The molecule has 3 amide bonds. The van der Waals surface area contributed by atoms with Crippen LogP contribution < -0.4 is 15.4 Å². The molecule has 2 fully saturated rings. The molecule has 5 rings (SSSR count). The molecular weight excluding hydrogens is 422 g/mol. The summed E-state index contributed by atoms with van der Waals surface area (Å²) in [5.74, 6) is -2.24. The Labute approximate surface area is 191 Å². The molecule has 3 aliphatic rings. The van der Waals surface area contributed by atoms with Gasteiger partial charge in [-0.2, -0.15) is 0 Å². The monoisotopic (exact) mass is 449 g/mol. The van der Waals surface area contributed by atoms with E-state index in [0.29, 0.717) is 17.0 Å². The first-order valence-electron chi connectivity index (χ1n) is 11.1. The Morgan fingerprint density at radius 3 is 2.42 bits per heavy atom. The Hall–Kier alpha value is -3.23. The van der Waals surface area contributed by atoms with E-state index in [2.05, 4.69) is 10.6 Å². The second-order valence-electron chi connectivity index (χ2n) is 9.22. The van der Waals surface area contributed by atoms with E-state index in [1.165, 1.54) is 4.90 Å². The second-order valence-corrected chi connectivity index (χ2v) is 9.22. The smallest absolute Gasteiger partial charge is 0.250 e. The van der Waals surface area contributed by atoms with E-state index < -0.39 is 35.4 Å². The Balaban J connectivity index is 1.59. The Morgan fingerprint density at radius 2 is 1.79 bits per heavy atom. The summed E-state index contributed by atoms with van der Waals surface area (Å²) in [5, 5.41) is 16.7. The molecule has 172 valence electrons. The minimum absolute atomic E-state index is 0.0959. The van der Waals surface area contributed by atoms with Gasteiger partial charge in [0.1, 0.15) is 11.3 Å². The van der Waals surface area contributed by atoms with Crippen molar-refractivity contribution in [2.75, 3.05) is 12.4 Å². The van der Waals surface area contributed by atoms with E-state index in [-0.39, 0.29) is 18.4 Å². The lowest BCUT2D eigenvalue weighted by Gasteiger charge is -2.30. The number of hydrogen-bond donors (Lipinski definition) is 3. The molecule has 3 aliphatic heterocycles. The fourth-order valence-corrected chi connectivity index (χ4v) is 5.59. The van der Waals surface area contributed by atoms with Crippen LogP contribution in [0, 0.1) is 25.7 Å². The van der Waals surface area contributed by atoms with Crippen LogP contribution in [0.25, 0.3) is 0 Å². The number of rotatable bonds is 4. The molecule has 8 nitrogen and oxygen atoms in total. The number of aryl methyl sites for hydroxylation is 1. The minimum Gasteiger partial charge on any atom is -0.497 e. The summed E-state index contributed by atoms with van der Waals surface area (Å²) in [6, 6.07) is 10.2. The minimum atomic E-state index is -1.40. The fourth-order valence-electron chi connectivity index (χ4n) is 5.59. The van der Waals surface area contributed by atoms with Crippen molar-refractivity contribution in [2.24, 2.45) is 11.8 Å². The fraction of sp³-hybridized carbons (Fsp3) is 0.400. The first-order chi connectivity index (χ1) is 15.7. The van der Waals surface area contributed by atoms with E-state index in [1.54, 1.807) is 38.3 Å². The zero-order valence-electron chi connectivity index (χ0n) is 19.0. The SMILES string of the molecule is COc1ccc(CN2C(=O)[C@@H]3[C@H]([C@@H](C)O)N[C@]4(C(=O)Nc5c4ccc(C)c5C)[C@@H]3C2=O)cc1. The first kappa shape index (κ1) is 21.6. The Morgan fingerprint density at radius 1 is 1.09 bits per heavy atom. The summed E-state index contributed by atoms with van der Waals surface area (Å²) in [6.45, 7) is 5.55. The van der Waals surface area contributed by atoms with Gasteiger partial charge in [0.15, 0.2) is 0 Å². The van der Waals surface area contributed by atoms with Crippen LogP contribution in [-0.2, 0) is 26.5 Å². The van der Waals surface area contributed by atoms with Crippen molar-refractivity contribution in [1.29, 1.82) is 0 Å². The summed E-state index contributed by atoms with van der Waals surface area (Å²) >= 11 is 0. The molecule has 0 aromatic heterocycles. The number of carbonyl (C=O) groups is 3. The largest absolute Gasteiger partial charge is 0.497 e. The highest BCUT2D eigenvalue weighted by atomic mass is 16.5. The molecule has 2 aromatic rings. The van der Waals surface area contributed by atoms with Crippen molar-refractivity contribution in [3.05, 3.63) is 58.7 Å². The average Bonchev–Trinajstić information content (AvgIpc) is 3.38. The molecule has 0 aliphatic carbocycles. The predicted octanol–water partition coefficient (Wildman–Crippen LogP) is 1.61. The number of likely N-dealkylation sites (tertiary alicyclic amines) is 1. The maximum Gasteiger partial charge on any atom is 0.250 e.